The fourth-order valence-electron chi connectivity index (χ4n) is 3.69. The summed E-state index contributed by atoms with van der Waals surface area (Å²) in [6.45, 7) is 13.8. The summed E-state index contributed by atoms with van der Waals surface area (Å²) in [5.41, 5.74) is 7.25. The molecular formula is C24H38GeN+. The number of benzene rings is 1. The molecule has 1 heterocycles. The van der Waals surface area contributed by atoms with Crippen molar-refractivity contribution < 1.29 is 4.57 Å². The number of nitrogens with zero attached hydrogens (tertiary/aromatic N) is 1. The Kier molecular flexibility index (Phi) is 6.12. The minimum atomic E-state index is -1.95. The van der Waals surface area contributed by atoms with Gasteiger partial charge >= 0.3 is 164 Å². The van der Waals surface area contributed by atoms with Crippen molar-refractivity contribution >= 4 is 17.7 Å². The van der Waals surface area contributed by atoms with Gasteiger partial charge in [-0.05, 0) is 0 Å². The molecule has 0 unspecified atom stereocenters. The molecule has 2 aromatic rings. The summed E-state index contributed by atoms with van der Waals surface area (Å²) >= 11 is -1.95. The topological polar surface area (TPSA) is 3.88 Å². The molecule has 26 heavy (non-hydrogen) atoms. The second-order valence-corrected chi connectivity index (χ2v) is 20.9. The van der Waals surface area contributed by atoms with Crippen molar-refractivity contribution in [2.45, 2.75) is 70.6 Å². The molecule has 0 aliphatic rings. The van der Waals surface area contributed by atoms with Crippen LogP contribution in [0.3, 0.4) is 0 Å². The van der Waals surface area contributed by atoms with E-state index in [0.717, 1.165) is 0 Å². The van der Waals surface area contributed by atoms with Crippen LogP contribution < -0.4 is 8.96 Å². The fourth-order valence-corrected chi connectivity index (χ4v) is 7.26. The molecule has 0 fully saturated rings. The van der Waals surface area contributed by atoms with Crippen LogP contribution in [0.15, 0.2) is 30.5 Å². The average Bonchev–Trinajstić information content (AvgIpc) is 2.45. The van der Waals surface area contributed by atoms with E-state index in [4.69, 9.17) is 0 Å². The zero-order chi connectivity index (χ0) is 19.9. The summed E-state index contributed by atoms with van der Waals surface area (Å²) in [6, 6.07) is 9.52. The van der Waals surface area contributed by atoms with Gasteiger partial charge in [-0.3, -0.25) is 0 Å². The second kappa shape index (κ2) is 7.50. The molecule has 0 aliphatic carbocycles. The molecule has 0 N–H and O–H groups in total. The van der Waals surface area contributed by atoms with Crippen molar-refractivity contribution in [2.75, 3.05) is 0 Å². The van der Waals surface area contributed by atoms with E-state index >= 15 is 0 Å². The number of aromatic nitrogens is 1. The van der Waals surface area contributed by atoms with Gasteiger partial charge in [0.2, 0.25) is 0 Å². The van der Waals surface area contributed by atoms with Gasteiger partial charge in [-0.2, -0.15) is 0 Å². The maximum atomic E-state index is 2.51. The molecule has 0 saturated heterocycles. The van der Waals surface area contributed by atoms with Gasteiger partial charge in [0, 0.05) is 0 Å². The zero-order valence-electron chi connectivity index (χ0n) is 18.6. The van der Waals surface area contributed by atoms with Gasteiger partial charge in [-0.15, -0.1) is 0 Å². The van der Waals surface area contributed by atoms with Crippen LogP contribution in [0.4, 0.5) is 0 Å². The van der Waals surface area contributed by atoms with Gasteiger partial charge in [0.25, 0.3) is 0 Å². The van der Waals surface area contributed by atoms with Crippen LogP contribution in [-0.2, 0) is 18.9 Å². The van der Waals surface area contributed by atoms with Gasteiger partial charge in [-0.1, -0.05) is 0 Å². The van der Waals surface area contributed by atoms with E-state index in [9.17, 15) is 0 Å². The van der Waals surface area contributed by atoms with Crippen molar-refractivity contribution in [3.05, 3.63) is 47.2 Å². The van der Waals surface area contributed by atoms with Gasteiger partial charge in [0.15, 0.2) is 0 Å². The van der Waals surface area contributed by atoms with Crippen LogP contribution in [0.5, 0.6) is 0 Å². The van der Waals surface area contributed by atoms with Gasteiger partial charge in [-0.25, -0.2) is 0 Å². The Labute approximate surface area is 164 Å². The Balaban J connectivity index is 2.64. The van der Waals surface area contributed by atoms with Crippen LogP contribution in [0.1, 0.15) is 51.3 Å². The van der Waals surface area contributed by atoms with E-state index in [1.807, 2.05) is 0 Å². The third-order valence-electron chi connectivity index (χ3n) is 5.16. The van der Waals surface area contributed by atoms with Crippen LogP contribution in [-0.4, -0.2) is 13.3 Å². The summed E-state index contributed by atoms with van der Waals surface area (Å²) in [6.07, 6.45) is 3.58. The third-order valence-corrected chi connectivity index (χ3v) is 9.53. The van der Waals surface area contributed by atoms with Crippen molar-refractivity contribution in [1.82, 2.24) is 0 Å². The van der Waals surface area contributed by atoms with E-state index < -0.39 is 13.3 Å². The predicted molar refractivity (Wildman–Crippen MR) is 118 cm³/mol. The number of aryl methyl sites for hydroxylation is 2. The summed E-state index contributed by atoms with van der Waals surface area (Å²) in [4.78, 5) is 0. The molecule has 0 saturated carbocycles. The molecule has 1 aromatic carbocycles. The molecule has 0 amide bonds. The summed E-state index contributed by atoms with van der Waals surface area (Å²) in [5, 5.41) is 0. The Morgan fingerprint density at radius 3 is 2.12 bits per heavy atom. The molecular weight excluding hydrogens is 375 g/mol. The third kappa shape index (κ3) is 4.79. The number of hydrogen-bond acceptors (Lipinski definition) is 0. The summed E-state index contributed by atoms with van der Waals surface area (Å²) in [7, 11) is 2.20. The normalized spacial score (nSPS) is 12.7. The molecule has 142 valence electrons. The monoisotopic (exact) mass is 414 g/mol. The van der Waals surface area contributed by atoms with E-state index in [0.29, 0.717) is 5.92 Å². The van der Waals surface area contributed by atoms with Crippen molar-refractivity contribution in [2.24, 2.45) is 13.0 Å². The van der Waals surface area contributed by atoms with E-state index in [1.165, 1.54) is 28.8 Å². The summed E-state index contributed by atoms with van der Waals surface area (Å²) in [5.74, 6) is 8.23. The second-order valence-electron chi connectivity index (χ2n) is 10.3. The van der Waals surface area contributed by atoms with Gasteiger partial charge in [0.05, 0.1) is 0 Å². The first-order chi connectivity index (χ1) is 11.8. The molecule has 0 atom stereocenters. The molecule has 2 heteroatoms. The van der Waals surface area contributed by atoms with Crippen LogP contribution in [0, 0.1) is 12.8 Å². The molecule has 0 aliphatic heterocycles. The van der Waals surface area contributed by atoms with Crippen molar-refractivity contribution in [3.8, 4) is 11.3 Å². The van der Waals surface area contributed by atoms with Crippen LogP contribution in [0.2, 0.25) is 17.3 Å². The Bertz CT molecular complexity index is 789. The van der Waals surface area contributed by atoms with E-state index in [-0.39, 0.29) is 5.41 Å². The standard InChI is InChI=1S/C24H38GeN/c1-17(2)13-19-16-26(10)23(15-22(19)25(7,8)9)21-12-11-20(14-18(21)3)24(4,5)6/h11-12,14-17H,13H2,1-10H3/q+1. The first kappa shape index (κ1) is 21.2. The van der Waals surface area contributed by atoms with Crippen molar-refractivity contribution in [3.63, 3.8) is 0 Å². The molecule has 0 radical (unpaired) electrons. The van der Waals surface area contributed by atoms with Gasteiger partial charge in [0.1, 0.15) is 0 Å². The zero-order valence-corrected chi connectivity index (χ0v) is 20.7. The fraction of sp³-hybridized carbons (Fsp3) is 0.542. The Hall–Kier alpha value is -1.09. The summed E-state index contributed by atoms with van der Waals surface area (Å²) < 4.78 is 4.00. The first-order valence-corrected chi connectivity index (χ1v) is 17.3. The molecule has 2 rings (SSSR count). The maximum absolute atomic E-state index is 2.51. The number of rotatable bonds is 4. The Morgan fingerprint density at radius 2 is 1.65 bits per heavy atom. The van der Waals surface area contributed by atoms with Crippen molar-refractivity contribution in [1.29, 1.82) is 0 Å². The molecule has 1 nitrogen and oxygen atoms in total. The SMILES string of the molecule is Cc1cc(C(C)(C)C)ccc1-c1c[c]([Ge]([CH3])([CH3])[CH3])c(CC(C)C)c[n+]1C. The number of pyridine rings is 1. The molecule has 0 spiro atoms. The first-order valence-electron chi connectivity index (χ1n) is 9.95. The minimum absolute atomic E-state index is 0.193. The number of hydrogen-bond donors (Lipinski definition) is 0. The average molecular weight is 413 g/mol. The molecule has 1 aromatic heterocycles. The quantitative estimate of drug-likeness (QED) is 0.459. The van der Waals surface area contributed by atoms with Gasteiger partial charge < -0.3 is 0 Å². The van der Waals surface area contributed by atoms with Crippen LogP contribution in [0.25, 0.3) is 11.3 Å². The predicted octanol–water partition coefficient (Wildman–Crippen LogP) is 5.53. The van der Waals surface area contributed by atoms with Crippen LogP contribution >= 0.6 is 0 Å². The van der Waals surface area contributed by atoms with E-state index in [2.05, 4.69) is 101 Å². The molecule has 0 bridgehead atoms. The van der Waals surface area contributed by atoms with E-state index in [1.54, 1.807) is 9.96 Å². The Morgan fingerprint density at radius 1 is 1.04 bits per heavy atom.